The van der Waals surface area contributed by atoms with Gasteiger partial charge in [0.2, 0.25) is 0 Å². The van der Waals surface area contributed by atoms with Crippen molar-refractivity contribution in [3.05, 3.63) is 64.2 Å². The molecule has 1 atom stereocenters. The molecule has 0 spiro atoms. The Morgan fingerprint density at radius 3 is 2.47 bits per heavy atom. The number of amides is 1. The molecule has 1 aliphatic rings. The van der Waals surface area contributed by atoms with E-state index in [1.54, 1.807) is 43.5 Å². The number of aromatic hydroxyl groups is 1. The molecule has 7 nitrogen and oxygen atoms in total. The number of carbonyl (C=O) groups is 2. The molecule has 1 amide bonds. The molecular weight excluding hydrogens is 410 g/mol. The first-order chi connectivity index (χ1) is 14.4. The van der Waals surface area contributed by atoms with E-state index in [0.29, 0.717) is 29.2 Å². The Balaban J connectivity index is 2.15. The van der Waals surface area contributed by atoms with E-state index < -0.39 is 17.7 Å². The van der Waals surface area contributed by atoms with Crippen LogP contribution in [0.3, 0.4) is 0 Å². The van der Waals surface area contributed by atoms with Crippen LogP contribution < -0.4 is 4.74 Å². The van der Waals surface area contributed by atoms with E-state index in [-0.39, 0.29) is 29.4 Å². The van der Waals surface area contributed by atoms with Crippen LogP contribution in [0.2, 0.25) is 5.02 Å². The molecule has 8 heteroatoms. The zero-order valence-corrected chi connectivity index (χ0v) is 17.3. The molecule has 2 aromatic rings. The molecule has 3 rings (SSSR count). The maximum absolute atomic E-state index is 12.9. The molecular formula is C22H22ClNO6. The van der Waals surface area contributed by atoms with Crippen molar-refractivity contribution < 1.29 is 29.3 Å². The van der Waals surface area contributed by atoms with Gasteiger partial charge >= 0.3 is 0 Å². The van der Waals surface area contributed by atoms with Crippen LogP contribution in [-0.2, 0) is 14.3 Å². The van der Waals surface area contributed by atoms with Crippen molar-refractivity contribution in [1.82, 2.24) is 4.90 Å². The number of phenols is 1. The summed E-state index contributed by atoms with van der Waals surface area (Å²) in [4.78, 5) is 27.1. The molecule has 0 aromatic heterocycles. The molecule has 2 aromatic carbocycles. The highest BCUT2D eigenvalue weighted by Crippen LogP contribution is 2.41. The van der Waals surface area contributed by atoms with Crippen molar-refractivity contribution in [2.75, 3.05) is 27.4 Å². The summed E-state index contributed by atoms with van der Waals surface area (Å²) in [6.07, 6.45) is 0.510. The number of nitrogens with zero attached hydrogens (tertiary/aromatic N) is 1. The number of hydrogen-bond donors (Lipinski definition) is 2. The number of likely N-dealkylation sites (tertiary alicyclic amines) is 1. The highest BCUT2D eigenvalue weighted by molar-refractivity contribution is 6.46. The SMILES string of the molecule is COCCCN1C(=O)C(=O)C(=C(O)c2ccc(Cl)cc2)[C@@H]1c1ccc(O)c(OC)c1. The first-order valence-corrected chi connectivity index (χ1v) is 9.67. The summed E-state index contributed by atoms with van der Waals surface area (Å²) in [5, 5.41) is 21.3. The highest BCUT2D eigenvalue weighted by Gasteiger charge is 2.46. The minimum absolute atomic E-state index is 0.0347. The largest absolute Gasteiger partial charge is 0.507 e. The Labute approximate surface area is 179 Å². The number of hydrogen-bond acceptors (Lipinski definition) is 6. The lowest BCUT2D eigenvalue weighted by Crippen LogP contribution is -2.31. The molecule has 1 fully saturated rings. The van der Waals surface area contributed by atoms with Gasteiger partial charge in [-0.2, -0.15) is 0 Å². The van der Waals surface area contributed by atoms with Gasteiger partial charge in [-0.1, -0.05) is 17.7 Å². The van der Waals surface area contributed by atoms with E-state index >= 15 is 0 Å². The summed E-state index contributed by atoms with van der Waals surface area (Å²) in [5.41, 5.74) is 0.856. The average molecular weight is 432 g/mol. The average Bonchev–Trinajstić information content (AvgIpc) is 2.99. The van der Waals surface area contributed by atoms with Gasteiger partial charge in [-0.15, -0.1) is 0 Å². The number of halogens is 1. The second kappa shape index (κ2) is 9.19. The number of methoxy groups -OCH3 is 2. The normalized spacial score (nSPS) is 18.1. The summed E-state index contributed by atoms with van der Waals surface area (Å²) in [7, 11) is 2.96. The first kappa shape index (κ1) is 21.7. The fourth-order valence-corrected chi connectivity index (χ4v) is 3.59. The van der Waals surface area contributed by atoms with Gasteiger partial charge < -0.3 is 24.6 Å². The number of aliphatic hydroxyl groups excluding tert-OH is 1. The molecule has 1 saturated heterocycles. The minimum Gasteiger partial charge on any atom is -0.507 e. The van der Waals surface area contributed by atoms with Gasteiger partial charge in [0.15, 0.2) is 11.5 Å². The molecule has 158 valence electrons. The van der Waals surface area contributed by atoms with E-state index in [2.05, 4.69) is 0 Å². The lowest BCUT2D eigenvalue weighted by molar-refractivity contribution is -0.140. The maximum Gasteiger partial charge on any atom is 0.295 e. The fraction of sp³-hybridized carbons (Fsp3) is 0.273. The number of carbonyl (C=O) groups excluding carboxylic acids is 2. The summed E-state index contributed by atoms with van der Waals surface area (Å²) in [6.45, 7) is 0.662. The minimum atomic E-state index is -0.841. The topological polar surface area (TPSA) is 96.3 Å². The molecule has 0 radical (unpaired) electrons. The Hall–Kier alpha value is -3.03. The monoisotopic (exact) mass is 431 g/mol. The predicted molar refractivity (Wildman–Crippen MR) is 112 cm³/mol. The zero-order chi connectivity index (χ0) is 21.8. The number of aliphatic hydroxyl groups is 1. The van der Waals surface area contributed by atoms with E-state index in [1.165, 1.54) is 18.1 Å². The van der Waals surface area contributed by atoms with E-state index in [4.69, 9.17) is 21.1 Å². The van der Waals surface area contributed by atoms with Crippen molar-refractivity contribution >= 4 is 29.1 Å². The Bertz CT molecular complexity index is 986. The van der Waals surface area contributed by atoms with Crippen molar-refractivity contribution in [1.29, 1.82) is 0 Å². The van der Waals surface area contributed by atoms with Gasteiger partial charge in [0.1, 0.15) is 5.76 Å². The molecule has 30 heavy (non-hydrogen) atoms. The lowest BCUT2D eigenvalue weighted by Gasteiger charge is -2.25. The number of phenolic OH excluding ortho intramolecular Hbond substituents is 1. The number of ether oxygens (including phenoxy) is 2. The highest BCUT2D eigenvalue weighted by atomic mass is 35.5. The van der Waals surface area contributed by atoms with Crippen LogP contribution in [0.1, 0.15) is 23.6 Å². The summed E-state index contributed by atoms with van der Waals surface area (Å²) < 4.78 is 10.2. The number of ketones is 1. The van der Waals surface area contributed by atoms with Crippen molar-refractivity contribution in [3.63, 3.8) is 0 Å². The maximum atomic E-state index is 12.9. The van der Waals surface area contributed by atoms with Crippen molar-refractivity contribution in [2.24, 2.45) is 0 Å². The van der Waals surface area contributed by atoms with E-state index in [0.717, 1.165) is 0 Å². The van der Waals surface area contributed by atoms with Gasteiger partial charge in [0.25, 0.3) is 11.7 Å². The molecule has 1 heterocycles. The van der Waals surface area contributed by atoms with Crippen LogP contribution in [0.5, 0.6) is 11.5 Å². The van der Waals surface area contributed by atoms with Gasteiger partial charge in [-0.3, -0.25) is 9.59 Å². The van der Waals surface area contributed by atoms with Crippen LogP contribution in [0.25, 0.3) is 5.76 Å². The van der Waals surface area contributed by atoms with Gasteiger partial charge in [-0.25, -0.2) is 0 Å². The second-order valence-electron chi connectivity index (χ2n) is 6.78. The third-order valence-electron chi connectivity index (χ3n) is 4.92. The van der Waals surface area contributed by atoms with Crippen molar-refractivity contribution in [3.8, 4) is 11.5 Å². The third kappa shape index (κ3) is 4.13. The van der Waals surface area contributed by atoms with Gasteiger partial charge in [0, 0.05) is 30.8 Å². The molecule has 0 unspecified atom stereocenters. The summed E-state index contributed by atoms with van der Waals surface area (Å²) in [6, 6.07) is 10.0. The second-order valence-corrected chi connectivity index (χ2v) is 7.21. The first-order valence-electron chi connectivity index (χ1n) is 9.29. The van der Waals surface area contributed by atoms with Crippen LogP contribution in [-0.4, -0.2) is 54.2 Å². The van der Waals surface area contributed by atoms with E-state index in [1.807, 2.05) is 0 Å². The smallest absolute Gasteiger partial charge is 0.295 e. The van der Waals surface area contributed by atoms with Gasteiger partial charge in [0.05, 0.1) is 18.7 Å². The number of benzene rings is 2. The fourth-order valence-electron chi connectivity index (χ4n) is 3.46. The van der Waals surface area contributed by atoms with Crippen molar-refractivity contribution in [2.45, 2.75) is 12.5 Å². The quantitative estimate of drug-likeness (QED) is 0.301. The van der Waals surface area contributed by atoms with Crippen LogP contribution >= 0.6 is 11.6 Å². The summed E-state index contributed by atoms with van der Waals surface area (Å²) >= 11 is 5.92. The third-order valence-corrected chi connectivity index (χ3v) is 5.18. The Kier molecular flexibility index (Phi) is 6.64. The molecule has 0 bridgehead atoms. The molecule has 2 N–H and O–H groups in total. The van der Waals surface area contributed by atoms with E-state index in [9.17, 15) is 19.8 Å². The zero-order valence-electron chi connectivity index (χ0n) is 16.6. The molecule has 1 aliphatic heterocycles. The lowest BCUT2D eigenvalue weighted by atomic mass is 9.95. The van der Waals surface area contributed by atoms with Crippen LogP contribution in [0.4, 0.5) is 0 Å². The Morgan fingerprint density at radius 1 is 1.13 bits per heavy atom. The van der Waals surface area contributed by atoms with Gasteiger partial charge in [-0.05, 0) is 48.4 Å². The van der Waals surface area contributed by atoms with Crippen LogP contribution in [0.15, 0.2) is 48.0 Å². The number of rotatable bonds is 7. The van der Waals surface area contributed by atoms with Crippen LogP contribution in [0, 0.1) is 0 Å². The molecule has 0 saturated carbocycles. The molecule has 0 aliphatic carbocycles. The Morgan fingerprint density at radius 2 is 1.83 bits per heavy atom. The number of Topliss-reactive ketones (excluding diaryl/α,β-unsaturated/α-hetero) is 1. The predicted octanol–water partition coefficient (Wildman–Crippen LogP) is 3.51. The standard InChI is InChI=1S/C22H22ClNO6/c1-29-11-3-10-24-19(14-6-9-16(25)17(12-14)30-2)18(21(27)22(24)28)20(26)13-4-7-15(23)8-5-13/h4-9,12,19,25-26H,3,10-11H2,1-2H3/t19-/m0/s1. The summed E-state index contributed by atoms with van der Waals surface area (Å²) in [5.74, 6) is -1.66.